The van der Waals surface area contributed by atoms with Crippen LogP contribution in [0, 0.1) is 5.82 Å². The summed E-state index contributed by atoms with van der Waals surface area (Å²) < 4.78 is 13.9. The first kappa shape index (κ1) is 23.5. The summed E-state index contributed by atoms with van der Waals surface area (Å²) in [4.78, 5) is 17.2. The number of hydrogen-bond donors (Lipinski definition) is 3. The molecular formula is C30H26FN7. The van der Waals surface area contributed by atoms with Crippen LogP contribution in [0.1, 0.15) is 26.2 Å². The molecule has 3 N–H and O–H groups in total. The van der Waals surface area contributed by atoms with Crippen molar-refractivity contribution in [3.8, 4) is 33.8 Å². The number of halogens is 1. The molecule has 0 aliphatic rings. The molecule has 0 bridgehead atoms. The zero-order valence-electron chi connectivity index (χ0n) is 20.9. The first-order valence-electron chi connectivity index (χ1n) is 12.6. The molecule has 7 nitrogen and oxygen atoms in total. The highest BCUT2D eigenvalue weighted by Crippen LogP contribution is 2.33. The van der Waals surface area contributed by atoms with Crippen LogP contribution in [-0.2, 0) is 0 Å². The van der Waals surface area contributed by atoms with E-state index in [2.05, 4.69) is 44.0 Å². The van der Waals surface area contributed by atoms with E-state index < -0.39 is 0 Å². The maximum absolute atomic E-state index is 13.9. The Hall–Kier alpha value is -4.85. The lowest BCUT2D eigenvalue weighted by Crippen LogP contribution is -1.99. The minimum atomic E-state index is -0.280. The normalized spacial score (nSPS) is 11.3. The number of aromatic amines is 2. The van der Waals surface area contributed by atoms with E-state index in [1.807, 2.05) is 36.4 Å². The van der Waals surface area contributed by atoms with Gasteiger partial charge in [0.2, 0.25) is 0 Å². The summed E-state index contributed by atoms with van der Waals surface area (Å²) in [6.07, 6.45) is 8.43. The Bertz CT molecular complexity index is 1780. The van der Waals surface area contributed by atoms with Crippen LogP contribution in [-0.4, -0.2) is 30.1 Å². The molecule has 8 heteroatoms. The van der Waals surface area contributed by atoms with E-state index in [9.17, 15) is 4.39 Å². The van der Waals surface area contributed by atoms with Gasteiger partial charge in [0.15, 0.2) is 0 Å². The van der Waals surface area contributed by atoms with Gasteiger partial charge in [-0.15, -0.1) is 0 Å². The minimum Gasteiger partial charge on any atom is -0.358 e. The van der Waals surface area contributed by atoms with Crippen LogP contribution < -0.4 is 5.32 Å². The Kier molecular flexibility index (Phi) is 6.13. The number of benzene rings is 1. The van der Waals surface area contributed by atoms with Gasteiger partial charge in [-0.3, -0.25) is 10.1 Å². The predicted molar refractivity (Wildman–Crippen MR) is 150 cm³/mol. The van der Waals surface area contributed by atoms with Gasteiger partial charge >= 0.3 is 0 Å². The van der Waals surface area contributed by atoms with E-state index in [4.69, 9.17) is 4.98 Å². The van der Waals surface area contributed by atoms with Crippen LogP contribution in [0.4, 0.5) is 10.1 Å². The second-order valence-electron chi connectivity index (χ2n) is 9.27. The van der Waals surface area contributed by atoms with E-state index >= 15 is 0 Å². The monoisotopic (exact) mass is 503 g/mol. The molecule has 0 atom stereocenters. The third-order valence-corrected chi connectivity index (χ3v) is 6.52. The van der Waals surface area contributed by atoms with Gasteiger partial charge in [-0.2, -0.15) is 5.10 Å². The summed E-state index contributed by atoms with van der Waals surface area (Å²) in [5.74, 6) is -0.280. The quantitative estimate of drug-likeness (QED) is 0.200. The molecule has 0 fully saturated rings. The zero-order chi connectivity index (χ0) is 26.1. The fourth-order valence-electron chi connectivity index (χ4n) is 4.61. The van der Waals surface area contributed by atoms with Crippen molar-refractivity contribution < 1.29 is 4.39 Å². The molecule has 0 unspecified atom stereocenters. The lowest BCUT2D eigenvalue weighted by Gasteiger charge is -2.10. The van der Waals surface area contributed by atoms with E-state index in [0.29, 0.717) is 11.3 Å². The average Bonchev–Trinajstić information content (AvgIpc) is 3.55. The van der Waals surface area contributed by atoms with Crippen LogP contribution in [0.5, 0.6) is 0 Å². The molecule has 6 aromatic rings. The van der Waals surface area contributed by atoms with Gasteiger partial charge in [0.05, 0.1) is 28.8 Å². The maximum atomic E-state index is 13.9. The first-order chi connectivity index (χ1) is 18.6. The van der Waals surface area contributed by atoms with Crippen molar-refractivity contribution in [2.45, 2.75) is 26.2 Å². The number of hydrogen-bond acceptors (Lipinski definition) is 5. The standard InChI is InChI=1S/C30H26FN7/c1-3-4-6-18(2)34-22-14-20(16-32-17-22)25-9-10-26-28(35-25)29(38-37-26)27-15-24-23(11-12-33-30(24)36-27)19-7-5-8-21(31)13-19/h5,7-17,34H,2-4,6H2,1H3,(H,33,36)(H,37,38). The topological polar surface area (TPSA) is 95.2 Å². The fraction of sp³-hybridized carbons (Fsp3) is 0.133. The molecule has 0 spiro atoms. The van der Waals surface area contributed by atoms with Gasteiger partial charge in [0.1, 0.15) is 22.7 Å². The Morgan fingerprint density at radius 1 is 1.05 bits per heavy atom. The summed E-state index contributed by atoms with van der Waals surface area (Å²) in [6.45, 7) is 6.29. The SMILES string of the molecule is C=C(CCCC)Nc1cncc(-c2ccc3[nH]nc(-c4cc5c(-c6cccc(F)c6)ccnc5[nH]4)c3n2)c1. The van der Waals surface area contributed by atoms with Crippen molar-refractivity contribution in [1.82, 2.24) is 30.1 Å². The highest BCUT2D eigenvalue weighted by Gasteiger charge is 2.16. The fourth-order valence-corrected chi connectivity index (χ4v) is 4.61. The van der Waals surface area contributed by atoms with Crippen LogP contribution in [0.3, 0.4) is 0 Å². The number of unbranched alkanes of at least 4 members (excludes halogenated alkanes) is 1. The van der Waals surface area contributed by atoms with Gasteiger partial charge < -0.3 is 10.3 Å². The van der Waals surface area contributed by atoms with Crippen molar-refractivity contribution in [1.29, 1.82) is 0 Å². The molecule has 0 radical (unpaired) electrons. The third kappa shape index (κ3) is 4.52. The number of fused-ring (bicyclic) bond motifs is 2. The predicted octanol–water partition coefficient (Wildman–Crippen LogP) is 7.49. The minimum absolute atomic E-state index is 0.280. The highest BCUT2D eigenvalue weighted by atomic mass is 19.1. The van der Waals surface area contributed by atoms with Gasteiger partial charge in [-0.05, 0) is 66.4 Å². The average molecular weight is 504 g/mol. The van der Waals surface area contributed by atoms with Crippen LogP contribution >= 0.6 is 0 Å². The summed E-state index contributed by atoms with van der Waals surface area (Å²) >= 11 is 0. The van der Waals surface area contributed by atoms with Gasteiger partial charge in [0, 0.05) is 29.0 Å². The van der Waals surface area contributed by atoms with E-state index in [-0.39, 0.29) is 5.82 Å². The molecule has 0 saturated carbocycles. The van der Waals surface area contributed by atoms with E-state index in [0.717, 1.165) is 75.1 Å². The number of allylic oxidation sites excluding steroid dienone is 1. The molecule has 188 valence electrons. The number of pyridine rings is 3. The Balaban J connectivity index is 1.37. The third-order valence-electron chi connectivity index (χ3n) is 6.52. The highest BCUT2D eigenvalue weighted by molar-refractivity contribution is 5.99. The number of anilines is 1. The van der Waals surface area contributed by atoms with Gasteiger partial charge in [-0.1, -0.05) is 32.1 Å². The lowest BCUT2D eigenvalue weighted by atomic mass is 10.0. The Morgan fingerprint density at radius 2 is 1.97 bits per heavy atom. The van der Waals surface area contributed by atoms with Gasteiger partial charge in [-0.25, -0.2) is 14.4 Å². The van der Waals surface area contributed by atoms with Crippen molar-refractivity contribution in [2.24, 2.45) is 0 Å². The number of H-pyrrole nitrogens is 2. The summed E-state index contributed by atoms with van der Waals surface area (Å²) in [7, 11) is 0. The number of nitrogens with one attached hydrogen (secondary N) is 3. The molecule has 5 aromatic heterocycles. The molecule has 0 amide bonds. The Morgan fingerprint density at radius 3 is 2.84 bits per heavy atom. The smallest absolute Gasteiger partial charge is 0.138 e. The van der Waals surface area contributed by atoms with Crippen LogP contribution in [0.25, 0.3) is 55.8 Å². The summed E-state index contributed by atoms with van der Waals surface area (Å²) in [5, 5.41) is 11.9. The van der Waals surface area contributed by atoms with Crippen LogP contribution in [0.15, 0.2) is 85.5 Å². The van der Waals surface area contributed by atoms with E-state index in [1.54, 1.807) is 24.7 Å². The van der Waals surface area contributed by atoms with Crippen molar-refractivity contribution in [2.75, 3.05) is 5.32 Å². The van der Waals surface area contributed by atoms with Gasteiger partial charge in [0.25, 0.3) is 0 Å². The summed E-state index contributed by atoms with van der Waals surface area (Å²) in [6, 6.07) is 16.4. The number of rotatable bonds is 8. The van der Waals surface area contributed by atoms with Crippen molar-refractivity contribution in [3.05, 3.63) is 91.3 Å². The second kappa shape index (κ2) is 9.89. The maximum Gasteiger partial charge on any atom is 0.138 e. The molecule has 1 aromatic carbocycles. The molecule has 0 saturated heterocycles. The molecule has 0 aliphatic carbocycles. The lowest BCUT2D eigenvalue weighted by molar-refractivity contribution is 0.628. The second-order valence-corrected chi connectivity index (χ2v) is 9.27. The molecule has 6 rings (SSSR count). The molecule has 0 aliphatic heterocycles. The molecular weight excluding hydrogens is 477 g/mol. The largest absolute Gasteiger partial charge is 0.358 e. The molecule has 5 heterocycles. The van der Waals surface area contributed by atoms with Crippen molar-refractivity contribution in [3.63, 3.8) is 0 Å². The van der Waals surface area contributed by atoms with E-state index in [1.165, 1.54) is 12.1 Å². The summed E-state index contributed by atoms with van der Waals surface area (Å²) in [5.41, 5.74) is 8.89. The van der Waals surface area contributed by atoms with Crippen molar-refractivity contribution >= 4 is 27.8 Å². The first-order valence-corrected chi connectivity index (χ1v) is 12.6. The Labute approximate surface area is 218 Å². The number of aromatic nitrogens is 6. The van der Waals surface area contributed by atoms with Crippen LogP contribution in [0.2, 0.25) is 0 Å². The zero-order valence-corrected chi connectivity index (χ0v) is 20.9. The molecule has 38 heavy (non-hydrogen) atoms. The number of nitrogens with zero attached hydrogens (tertiary/aromatic N) is 4.